The zero-order valence-electron chi connectivity index (χ0n) is 15.2. The number of fused-ring (bicyclic) bond motifs is 1. The summed E-state index contributed by atoms with van der Waals surface area (Å²) in [5.74, 6) is 0.793. The van der Waals surface area contributed by atoms with Crippen LogP contribution in [0.5, 0.6) is 0 Å². The standard InChI is InChI=1S/C19H22N4O3/c1-12-13-9-19(2,3)26-11-14(13)18(22-7-6-21-16(24)10-20)23-17(12)15-5-4-8-25-15/h4-5,8H,6-7,9,11H2,1-3H3,(H,21,24)(H,22,23). The third kappa shape index (κ3) is 3.70. The Bertz CT molecular complexity index is 851. The van der Waals surface area contributed by atoms with E-state index in [9.17, 15) is 4.79 Å². The lowest BCUT2D eigenvalue weighted by atomic mass is 9.88. The number of carbonyl (C=O) groups excluding carboxylic acids is 1. The van der Waals surface area contributed by atoms with E-state index in [2.05, 4.69) is 31.4 Å². The van der Waals surface area contributed by atoms with E-state index >= 15 is 0 Å². The fourth-order valence-corrected chi connectivity index (χ4v) is 3.11. The highest BCUT2D eigenvalue weighted by molar-refractivity contribution is 5.91. The van der Waals surface area contributed by atoms with Crippen molar-refractivity contribution in [2.45, 2.75) is 39.4 Å². The molecule has 3 heterocycles. The summed E-state index contributed by atoms with van der Waals surface area (Å²) < 4.78 is 11.5. The number of anilines is 1. The van der Waals surface area contributed by atoms with Crippen LogP contribution in [-0.4, -0.2) is 29.6 Å². The van der Waals surface area contributed by atoms with E-state index in [-0.39, 0.29) is 5.60 Å². The number of ether oxygens (including phenoxy) is 1. The average molecular weight is 354 g/mol. The second-order valence-electron chi connectivity index (χ2n) is 6.89. The van der Waals surface area contributed by atoms with Crippen molar-refractivity contribution < 1.29 is 13.9 Å². The number of pyridine rings is 1. The van der Waals surface area contributed by atoms with Crippen LogP contribution in [0.1, 0.15) is 30.5 Å². The summed E-state index contributed by atoms with van der Waals surface area (Å²) in [6.45, 7) is 7.47. The summed E-state index contributed by atoms with van der Waals surface area (Å²) in [6.07, 6.45) is 2.41. The van der Waals surface area contributed by atoms with Crippen molar-refractivity contribution >= 4 is 11.7 Å². The summed E-state index contributed by atoms with van der Waals surface area (Å²) in [4.78, 5) is 15.8. The van der Waals surface area contributed by atoms with E-state index in [0.717, 1.165) is 34.8 Å². The molecule has 2 aromatic heterocycles. The number of carbonyl (C=O) groups is 1. The van der Waals surface area contributed by atoms with E-state index in [1.165, 1.54) is 11.6 Å². The predicted molar refractivity (Wildman–Crippen MR) is 96.4 cm³/mol. The van der Waals surface area contributed by atoms with Crippen LogP contribution >= 0.6 is 0 Å². The largest absolute Gasteiger partial charge is 0.463 e. The average Bonchev–Trinajstić information content (AvgIpc) is 3.14. The Morgan fingerprint density at radius 1 is 1.38 bits per heavy atom. The van der Waals surface area contributed by atoms with Crippen LogP contribution in [0.4, 0.5) is 5.82 Å². The molecule has 0 saturated carbocycles. The molecule has 0 saturated heterocycles. The maximum atomic E-state index is 11.0. The third-order valence-electron chi connectivity index (χ3n) is 4.45. The molecule has 136 valence electrons. The lowest BCUT2D eigenvalue weighted by Gasteiger charge is -2.34. The maximum Gasteiger partial charge on any atom is 0.322 e. The molecule has 0 atom stereocenters. The molecule has 7 heteroatoms. The van der Waals surface area contributed by atoms with E-state index in [1.807, 2.05) is 12.1 Å². The molecule has 1 aliphatic heterocycles. The highest BCUT2D eigenvalue weighted by Crippen LogP contribution is 2.37. The maximum absolute atomic E-state index is 11.0. The fraction of sp³-hybridized carbons (Fsp3) is 0.421. The Morgan fingerprint density at radius 2 is 2.19 bits per heavy atom. The summed E-state index contributed by atoms with van der Waals surface area (Å²) in [5, 5.41) is 14.3. The van der Waals surface area contributed by atoms with E-state index < -0.39 is 5.91 Å². The molecule has 0 fully saturated rings. The molecule has 3 rings (SSSR count). The van der Waals surface area contributed by atoms with Crippen LogP contribution in [0.3, 0.4) is 0 Å². The van der Waals surface area contributed by atoms with Crippen molar-refractivity contribution in [1.82, 2.24) is 10.3 Å². The Labute approximate surface area is 152 Å². The van der Waals surface area contributed by atoms with E-state index in [4.69, 9.17) is 19.4 Å². The first kappa shape index (κ1) is 18.0. The number of amides is 1. The molecule has 2 N–H and O–H groups in total. The molecule has 7 nitrogen and oxygen atoms in total. The van der Waals surface area contributed by atoms with E-state index in [1.54, 1.807) is 6.26 Å². The number of hydrogen-bond donors (Lipinski definition) is 2. The minimum absolute atomic E-state index is 0.239. The van der Waals surface area contributed by atoms with Gasteiger partial charge in [-0.05, 0) is 44.0 Å². The van der Waals surface area contributed by atoms with Crippen LogP contribution in [0.2, 0.25) is 0 Å². The van der Waals surface area contributed by atoms with Gasteiger partial charge in [-0.3, -0.25) is 4.79 Å². The number of nitriles is 1. The molecule has 0 radical (unpaired) electrons. The fourth-order valence-electron chi connectivity index (χ4n) is 3.11. The summed E-state index contributed by atoms with van der Waals surface area (Å²) >= 11 is 0. The lowest BCUT2D eigenvalue weighted by Crippen LogP contribution is -2.34. The van der Waals surface area contributed by atoms with Gasteiger partial charge in [-0.1, -0.05) is 0 Å². The second kappa shape index (κ2) is 7.18. The topological polar surface area (TPSA) is 100 Å². The number of aromatic nitrogens is 1. The van der Waals surface area contributed by atoms with Crippen molar-refractivity contribution in [2.24, 2.45) is 0 Å². The van der Waals surface area contributed by atoms with Gasteiger partial charge >= 0.3 is 5.91 Å². The van der Waals surface area contributed by atoms with Gasteiger partial charge in [-0.25, -0.2) is 4.98 Å². The molecule has 26 heavy (non-hydrogen) atoms. The normalized spacial score (nSPS) is 15.0. The first-order valence-corrected chi connectivity index (χ1v) is 8.53. The summed E-state index contributed by atoms with van der Waals surface area (Å²) in [6, 6.07) is 5.26. The molecule has 0 aromatic carbocycles. The highest BCUT2D eigenvalue weighted by Gasteiger charge is 2.31. The number of furan rings is 1. The molecule has 0 aliphatic carbocycles. The van der Waals surface area contributed by atoms with Crippen molar-refractivity contribution in [3.8, 4) is 17.5 Å². The van der Waals surface area contributed by atoms with E-state index in [0.29, 0.717) is 19.7 Å². The van der Waals surface area contributed by atoms with Gasteiger partial charge in [0.2, 0.25) is 0 Å². The monoisotopic (exact) mass is 354 g/mol. The van der Waals surface area contributed by atoms with Crippen molar-refractivity contribution in [3.05, 3.63) is 35.1 Å². The highest BCUT2D eigenvalue weighted by atomic mass is 16.5. The van der Waals surface area contributed by atoms with Crippen LogP contribution in [0.25, 0.3) is 11.5 Å². The van der Waals surface area contributed by atoms with Gasteiger partial charge in [0.05, 0.1) is 18.5 Å². The first-order chi connectivity index (χ1) is 12.4. The predicted octanol–water partition coefficient (Wildman–Crippen LogP) is 2.55. The molecular weight excluding hydrogens is 332 g/mol. The van der Waals surface area contributed by atoms with Gasteiger partial charge in [0.15, 0.2) is 11.8 Å². The Morgan fingerprint density at radius 3 is 2.88 bits per heavy atom. The second-order valence-corrected chi connectivity index (χ2v) is 6.89. The van der Waals surface area contributed by atoms with Gasteiger partial charge in [0.25, 0.3) is 0 Å². The van der Waals surface area contributed by atoms with Gasteiger partial charge in [-0.2, -0.15) is 5.26 Å². The zero-order valence-corrected chi connectivity index (χ0v) is 15.2. The Balaban J connectivity index is 1.92. The zero-order chi connectivity index (χ0) is 18.7. The smallest absolute Gasteiger partial charge is 0.322 e. The minimum atomic E-state index is -0.646. The van der Waals surface area contributed by atoms with Gasteiger partial charge in [0, 0.05) is 25.1 Å². The number of nitrogens with one attached hydrogen (secondary N) is 2. The Kier molecular flexibility index (Phi) is 4.96. The molecule has 1 amide bonds. The van der Waals surface area contributed by atoms with Gasteiger partial charge < -0.3 is 19.8 Å². The first-order valence-electron chi connectivity index (χ1n) is 8.53. The summed E-state index contributed by atoms with van der Waals surface area (Å²) in [5.41, 5.74) is 3.90. The van der Waals surface area contributed by atoms with Crippen molar-refractivity contribution in [3.63, 3.8) is 0 Å². The van der Waals surface area contributed by atoms with Gasteiger partial charge in [0.1, 0.15) is 11.5 Å². The molecule has 2 aromatic rings. The van der Waals surface area contributed by atoms with Crippen molar-refractivity contribution in [1.29, 1.82) is 5.26 Å². The quantitative estimate of drug-likeness (QED) is 0.632. The minimum Gasteiger partial charge on any atom is -0.463 e. The van der Waals surface area contributed by atoms with Crippen LogP contribution in [0.15, 0.2) is 22.8 Å². The number of nitrogens with zero attached hydrogens (tertiary/aromatic N) is 2. The van der Waals surface area contributed by atoms with Crippen LogP contribution < -0.4 is 10.6 Å². The number of hydrogen-bond acceptors (Lipinski definition) is 6. The van der Waals surface area contributed by atoms with Crippen LogP contribution in [0, 0.1) is 18.3 Å². The van der Waals surface area contributed by atoms with Crippen LogP contribution in [-0.2, 0) is 22.6 Å². The molecule has 0 unspecified atom stereocenters. The SMILES string of the molecule is Cc1c(-c2ccco2)nc(NCCNC(=O)C#N)c2c1CC(C)(C)OC2. The summed E-state index contributed by atoms with van der Waals surface area (Å²) in [7, 11) is 0. The van der Waals surface area contributed by atoms with Gasteiger partial charge in [-0.15, -0.1) is 0 Å². The molecular formula is C19H22N4O3. The lowest BCUT2D eigenvalue weighted by molar-refractivity contribution is -0.115. The Hall–Kier alpha value is -2.85. The third-order valence-corrected chi connectivity index (χ3v) is 4.45. The number of rotatable bonds is 5. The van der Waals surface area contributed by atoms with Crippen molar-refractivity contribution in [2.75, 3.05) is 18.4 Å². The molecule has 1 aliphatic rings. The molecule has 0 bridgehead atoms. The molecule has 0 spiro atoms.